The summed E-state index contributed by atoms with van der Waals surface area (Å²) in [4.78, 5) is 53.3. The van der Waals surface area contributed by atoms with Crippen molar-refractivity contribution in [1.29, 1.82) is 0 Å². The standard InChI is InChI=1S/C25H18BrN3O5/c1-13-9-10-17(11-14(13)2)27-21(15-5-3-6-16(26)12-15)22(25(27)32)28-23(30)18-7-4-8-19(29(33)34)20(18)24(28)31/h3-12,21-22H,1-2H3/t21-,22-/m1/s1. The Balaban J connectivity index is 1.62. The van der Waals surface area contributed by atoms with Gasteiger partial charge in [-0.05, 0) is 60.9 Å². The van der Waals surface area contributed by atoms with Crippen LogP contribution in [0.25, 0.3) is 0 Å². The molecule has 34 heavy (non-hydrogen) atoms. The summed E-state index contributed by atoms with van der Waals surface area (Å²) in [5.74, 6) is -1.96. The summed E-state index contributed by atoms with van der Waals surface area (Å²) in [6, 6.07) is 15.1. The fourth-order valence-corrected chi connectivity index (χ4v) is 5.02. The first kappa shape index (κ1) is 22.0. The Kier molecular flexibility index (Phi) is 5.09. The van der Waals surface area contributed by atoms with Gasteiger partial charge in [0.1, 0.15) is 11.6 Å². The molecule has 0 aliphatic carbocycles. The van der Waals surface area contributed by atoms with Gasteiger partial charge in [0.25, 0.3) is 23.4 Å². The van der Waals surface area contributed by atoms with Crippen molar-refractivity contribution in [2.45, 2.75) is 25.9 Å². The number of amides is 3. The number of carbonyl (C=O) groups excluding carboxylic acids is 3. The van der Waals surface area contributed by atoms with Gasteiger partial charge in [0.05, 0.1) is 16.5 Å². The van der Waals surface area contributed by atoms with Crippen LogP contribution in [0.5, 0.6) is 0 Å². The first-order valence-corrected chi connectivity index (χ1v) is 11.3. The molecule has 0 aromatic heterocycles. The molecule has 2 aliphatic rings. The number of nitro benzene ring substituents is 1. The number of carbonyl (C=O) groups is 3. The van der Waals surface area contributed by atoms with Gasteiger partial charge < -0.3 is 4.90 Å². The van der Waals surface area contributed by atoms with E-state index in [9.17, 15) is 24.5 Å². The third kappa shape index (κ3) is 3.15. The smallest absolute Gasteiger partial charge is 0.282 e. The Morgan fingerprint density at radius 3 is 2.26 bits per heavy atom. The van der Waals surface area contributed by atoms with Crippen LogP contribution >= 0.6 is 15.9 Å². The third-order valence-electron chi connectivity index (χ3n) is 6.43. The Morgan fingerprint density at radius 1 is 0.853 bits per heavy atom. The number of β-lactam (4-membered cyclic amide) rings is 1. The molecule has 0 unspecified atom stereocenters. The zero-order valence-corrected chi connectivity index (χ0v) is 19.8. The molecule has 5 rings (SSSR count). The SMILES string of the molecule is Cc1ccc(N2C(=O)[C@H](N3C(=O)c4cccc([N+](=O)[O-])c4C3=O)[C@H]2c2cccc(Br)c2)cc1C. The van der Waals surface area contributed by atoms with Crippen LogP contribution < -0.4 is 4.90 Å². The highest BCUT2D eigenvalue weighted by molar-refractivity contribution is 9.10. The fourth-order valence-electron chi connectivity index (χ4n) is 4.60. The number of halogens is 1. The van der Waals surface area contributed by atoms with Gasteiger partial charge >= 0.3 is 0 Å². The first-order chi connectivity index (χ1) is 16.2. The Labute approximate surface area is 203 Å². The predicted octanol–water partition coefficient (Wildman–Crippen LogP) is 4.73. The molecule has 0 spiro atoms. The van der Waals surface area contributed by atoms with E-state index >= 15 is 0 Å². The average molecular weight is 520 g/mol. The van der Waals surface area contributed by atoms with Gasteiger partial charge in [0.15, 0.2) is 0 Å². The van der Waals surface area contributed by atoms with Crippen molar-refractivity contribution in [3.05, 3.63) is 103 Å². The van der Waals surface area contributed by atoms with Gasteiger partial charge in [-0.2, -0.15) is 0 Å². The molecule has 2 aliphatic heterocycles. The van der Waals surface area contributed by atoms with Crippen molar-refractivity contribution >= 4 is 45.0 Å². The molecule has 3 amide bonds. The Bertz CT molecular complexity index is 1420. The van der Waals surface area contributed by atoms with Crippen LogP contribution in [0.1, 0.15) is 43.4 Å². The molecule has 2 atom stereocenters. The van der Waals surface area contributed by atoms with Crippen LogP contribution in [0, 0.1) is 24.0 Å². The second kappa shape index (κ2) is 7.88. The van der Waals surface area contributed by atoms with Gasteiger partial charge in [-0.25, -0.2) is 0 Å². The first-order valence-electron chi connectivity index (χ1n) is 10.5. The van der Waals surface area contributed by atoms with E-state index in [4.69, 9.17) is 0 Å². The minimum absolute atomic E-state index is 0.0652. The van der Waals surface area contributed by atoms with Crippen LogP contribution in [0.15, 0.2) is 65.1 Å². The van der Waals surface area contributed by atoms with E-state index in [-0.39, 0.29) is 11.1 Å². The quantitative estimate of drug-likeness (QED) is 0.214. The summed E-state index contributed by atoms with van der Waals surface area (Å²) in [5.41, 5.74) is 2.65. The molecule has 1 saturated heterocycles. The van der Waals surface area contributed by atoms with Gasteiger partial charge in [-0.3, -0.25) is 29.4 Å². The lowest BCUT2D eigenvalue weighted by Crippen LogP contribution is -2.67. The van der Waals surface area contributed by atoms with E-state index in [1.165, 1.54) is 18.2 Å². The van der Waals surface area contributed by atoms with Crippen LogP contribution in [0.2, 0.25) is 0 Å². The minimum Gasteiger partial charge on any atom is -0.300 e. The maximum absolute atomic E-state index is 13.5. The Morgan fingerprint density at radius 2 is 1.59 bits per heavy atom. The molecule has 1 fully saturated rings. The van der Waals surface area contributed by atoms with Crippen LogP contribution in [-0.2, 0) is 4.79 Å². The monoisotopic (exact) mass is 519 g/mol. The maximum atomic E-state index is 13.5. The van der Waals surface area contributed by atoms with E-state index in [1.807, 2.05) is 56.3 Å². The third-order valence-corrected chi connectivity index (χ3v) is 6.92. The normalized spacial score (nSPS) is 19.3. The number of aryl methyl sites for hydroxylation is 2. The van der Waals surface area contributed by atoms with Crippen molar-refractivity contribution in [2.24, 2.45) is 0 Å². The molecule has 170 valence electrons. The van der Waals surface area contributed by atoms with E-state index in [1.54, 1.807) is 4.90 Å². The molecule has 8 nitrogen and oxygen atoms in total. The Hall–Kier alpha value is -3.85. The second-order valence-electron chi connectivity index (χ2n) is 8.36. The molecular formula is C25H18BrN3O5. The van der Waals surface area contributed by atoms with Crippen LogP contribution in [-0.4, -0.2) is 33.6 Å². The van der Waals surface area contributed by atoms with Crippen molar-refractivity contribution in [2.75, 3.05) is 4.90 Å². The fraction of sp³-hybridized carbons (Fsp3) is 0.160. The highest BCUT2D eigenvalue weighted by Gasteiger charge is 2.58. The van der Waals surface area contributed by atoms with E-state index < -0.39 is 40.4 Å². The molecule has 0 radical (unpaired) electrons. The molecule has 9 heteroatoms. The van der Waals surface area contributed by atoms with Crippen LogP contribution in [0.3, 0.4) is 0 Å². The maximum Gasteiger partial charge on any atom is 0.282 e. The lowest BCUT2D eigenvalue weighted by atomic mass is 9.86. The topological polar surface area (TPSA) is 101 Å². The number of rotatable bonds is 4. The number of anilines is 1. The summed E-state index contributed by atoms with van der Waals surface area (Å²) in [7, 11) is 0. The van der Waals surface area contributed by atoms with E-state index in [0.29, 0.717) is 5.69 Å². The van der Waals surface area contributed by atoms with Crippen molar-refractivity contribution in [3.63, 3.8) is 0 Å². The van der Waals surface area contributed by atoms with Crippen molar-refractivity contribution < 1.29 is 19.3 Å². The lowest BCUT2D eigenvalue weighted by molar-refractivity contribution is -0.385. The summed E-state index contributed by atoms with van der Waals surface area (Å²) in [6.45, 7) is 3.91. The predicted molar refractivity (Wildman–Crippen MR) is 128 cm³/mol. The molecular weight excluding hydrogens is 502 g/mol. The molecule has 3 aromatic rings. The number of hydrogen-bond donors (Lipinski definition) is 0. The zero-order valence-electron chi connectivity index (χ0n) is 18.2. The van der Waals surface area contributed by atoms with E-state index in [0.717, 1.165) is 26.1 Å². The second-order valence-corrected chi connectivity index (χ2v) is 9.27. The number of benzene rings is 3. The highest BCUT2D eigenvalue weighted by Crippen LogP contribution is 2.45. The summed E-state index contributed by atoms with van der Waals surface area (Å²) < 4.78 is 0.779. The number of imide groups is 1. The molecule has 3 aromatic carbocycles. The molecule has 2 heterocycles. The highest BCUT2D eigenvalue weighted by atomic mass is 79.9. The minimum atomic E-state index is -1.12. The number of nitrogens with zero attached hydrogens (tertiary/aromatic N) is 3. The summed E-state index contributed by atoms with van der Waals surface area (Å²) in [6.07, 6.45) is 0. The molecule has 0 saturated carbocycles. The van der Waals surface area contributed by atoms with Crippen molar-refractivity contribution in [3.8, 4) is 0 Å². The van der Waals surface area contributed by atoms with Crippen molar-refractivity contribution in [1.82, 2.24) is 4.90 Å². The lowest BCUT2D eigenvalue weighted by Gasteiger charge is -2.50. The van der Waals surface area contributed by atoms with Gasteiger partial charge in [-0.1, -0.05) is 40.2 Å². The zero-order chi connectivity index (χ0) is 24.3. The largest absolute Gasteiger partial charge is 0.300 e. The van der Waals surface area contributed by atoms with Gasteiger partial charge in [0, 0.05) is 16.2 Å². The van der Waals surface area contributed by atoms with Crippen LogP contribution in [0.4, 0.5) is 11.4 Å². The summed E-state index contributed by atoms with van der Waals surface area (Å²) in [5, 5.41) is 11.5. The van der Waals surface area contributed by atoms with Gasteiger partial charge in [-0.15, -0.1) is 0 Å². The number of nitro groups is 1. The van der Waals surface area contributed by atoms with E-state index in [2.05, 4.69) is 15.9 Å². The molecule has 0 N–H and O–H groups in total. The number of hydrogen-bond acceptors (Lipinski definition) is 5. The summed E-state index contributed by atoms with van der Waals surface area (Å²) >= 11 is 3.45. The molecule has 0 bridgehead atoms. The number of fused-ring (bicyclic) bond motifs is 1. The van der Waals surface area contributed by atoms with Gasteiger partial charge in [0.2, 0.25) is 0 Å². The average Bonchev–Trinajstić information content (AvgIpc) is 3.05.